The smallest absolute Gasteiger partial charge is 1.00 e. The van der Waals surface area contributed by atoms with E-state index in [-0.39, 0.29) is 127 Å². The summed E-state index contributed by atoms with van der Waals surface area (Å²) in [6.45, 7) is 0. The maximum absolute atomic E-state index is 0. The summed E-state index contributed by atoms with van der Waals surface area (Å²) >= 11 is 0. The van der Waals surface area contributed by atoms with Crippen molar-refractivity contribution in [2.75, 3.05) is 0 Å². The summed E-state index contributed by atoms with van der Waals surface area (Å²) in [5, 5.41) is 0. The van der Waals surface area contributed by atoms with Crippen molar-refractivity contribution in [1.29, 1.82) is 0 Å². The second kappa shape index (κ2) is 15.8. The monoisotopic (exact) mass is 100 g/mol. The first kappa shape index (κ1) is 24.5. The van der Waals surface area contributed by atoms with E-state index in [9.17, 15) is 0 Å². The normalized spacial score (nSPS) is 0. The molecule has 0 radical (unpaired) electrons. The second-order valence-electron chi connectivity index (χ2n) is 0. The quantitative estimate of drug-likeness (QED) is 0.265. The zero-order valence-electron chi connectivity index (χ0n) is 8.00. The Morgan fingerprint density at radius 2 is 0.750 bits per heavy atom. The zero-order chi connectivity index (χ0) is 0. The molecule has 4 heteroatoms. The van der Waals surface area contributed by atoms with Gasteiger partial charge in [0, 0.05) is 2.85 Å². The van der Waals surface area contributed by atoms with Crippen molar-refractivity contribution in [3.63, 3.8) is 0 Å². The van der Waals surface area contributed by atoms with Gasteiger partial charge in [-0.25, -0.2) is 0 Å². The summed E-state index contributed by atoms with van der Waals surface area (Å²) in [6, 6.07) is 0. The van der Waals surface area contributed by atoms with Crippen molar-refractivity contribution in [3.8, 4) is 0 Å². The van der Waals surface area contributed by atoms with Gasteiger partial charge in [-0.05, 0) is 0 Å². The van der Waals surface area contributed by atoms with E-state index < -0.39 is 0 Å². The minimum absolute atomic E-state index is 0. The Morgan fingerprint density at radius 1 is 0.750 bits per heavy atom. The van der Waals surface area contributed by atoms with Gasteiger partial charge in [0.1, 0.15) is 0 Å². The summed E-state index contributed by atoms with van der Waals surface area (Å²) in [4.78, 5) is 0. The maximum atomic E-state index is 0. The van der Waals surface area contributed by atoms with Crippen LogP contribution in [-0.4, -0.2) is 0 Å². The molecule has 0 aromatic carbocycles. The van der Waals surface area contributed by atoms with Crippen LogP contribution in [0.2, 0.25) is 0 Å². The topological polar surface area (TPSA) is 0 Å². The number of hydrogen-bond acceptors (Lipinski definition) is 0. The van der Waals surface area contributed by atoms with Crippen LogP contribution in [0.25, 0.3) is 0 Å². The van der Waals surface area contributed by atoms with Gasteiger partial charge in [0.25, 0.3) is 0 Å². The number of rotatable bonds is 0. The average molecular weight is 100 g/mol. The van der Waals surface area contributed by atoms with Gasteiger partial charge in [-0.15, -0.1) is 0 Å². The van der Waals surface area contributed by atoms with Gasteiger partial charge in [-0.1, -0.05) is 0 Å². The summed E-state index contributed by atoms with van der Waals surface area (Å²) < 4.78 is 0. The number of hydrogen-bond donors (Lipinski definition) is 0. The average Bonchev–Trinajstić information content (AvgIpc) is 0. The third-order valence-corrected chi connectivity index (χ3v) is 0. The van der Waals surface area contributed by atoms with Crippen LogP contribution in [0.5, 0.6) is 0 Å². The Bertz CT molecular complexity index is 9.71. The molecule has 0 saturated heterocycles. The molecule has 0 aliphatic heterocycles. The molecule has 0 heterocycles. The predicted molar refractivity (Wildman–Crippen MR) is 8.68 cm³/mol. The van der Waals surface area contributed by atoms with Crippen LogP contribution in [-0.2, 0) is 0 Å². The molecule has 0 atom stereocenters. The Labute approximate surface area is 124 Å². The maximum Gasteiger partial charge on any atom is 1.00 e. The van der Waals surface area contributed by atoms with Crippen LogP contribution in [0, 0.1) is 0 Å². The van der Waals surface area contributed by atoms with Crippen LogP contribution in [0.15, 0.2) is 0 Å². The van der Waals surface area contributed by atoms with Gasteiger partial charge in [-0.3, -0.25) is 0 Å². The molecule has 0 fully saturated rings. The standard InChI is InChI=1S/4Na.2H2.4H/h;;;;2*1H;;;;/q4*+1;;;4*-1. The van der Waals surface area contributed by atoms with Crippen molar-refractivity contribution in [1.82, 2.24) is 0 Å². The van der Waals surface area contributed by atoms with Crippen molar-refractivity contribution in [3.05, 3.63) is 0 Å². The first-order chi connectivity index (χ1) is 0. The minimum atomic E-state index is 0. The van der Waals surface area contributed by atoms with Crippen molar-refractivity contribution in [2.24, 2.45) is 0 Å². The van der Waals surface area contributed by atoms with Gasteiger partial charge >= 0.3 is 118 Å². The van der Waals surface area contributed by atoms with E-state index in [4.69, 9.17) is 0 Å². The van der Waals surface area contributed by atoms with Gasteiger partial charge < -0.3 is 5.71 Å². The van der Waals surface area contributed by atoms with Gasteiger partial charge in [0.15, 0.2) is 0 Å². The molecule has 0 saturated carbocycles. The SMILES string of the molecule is [H-].[H-].[H-].[H-].[HH].[HH].[Na+].[Na+].[Na+].[Na+]. The predicted octanol–water partition coefficient (Wildman–Crippen LogP) is -11.0. The molecule has 0 aliphatic rings. The van der Waals surface area contributed by atoms with Crippen molar-refractivity contribution >= 4 is 0 Å². The van der Waals surface area contributed by atoms with E-state index in [1.54, 1.807) is 0 Å². The van der Waals surface area contributed by atoms with Crippen LogP contribution in [0.4, 0.5) is 0 Å². The Balaban J connectivity index is 0. The van der Waals surface area contributed by atoms with Crippen LogP contribution >= 0.6 is 0 Å². The van der Waals surface area contributed by atoms with E-state index in [1.807, 2.05) is 0 Å². The first-order valence-corrected chi connectivity index (χ1v) is 0. The van der Waals surface area contributed by atoms with Gasteiger partial charge in [-0.2, -0.15) is 0 Å². The molecule has 0 aromatic heterocycles. The molecule has 0 N–H and O–H groups in total. The summed E-state index contributed by atoms with van der Waals surface area (Å²) in [7, 11) is 0. The minimum Gasteiger partial charge on any atom is -1.00 e. The third-order valence-electron chi connectivity index (χ3n) is 0. The van der Waals surface area contributed by atoms with Crippen LogP contribution in [0.1, 0.15) is 8.56 Å². The zero-order valence-corrected chi connectivity index (χ0v) is 12.0. The van der Waals surface area contributed by atoms with E-state index in [1.165, 1.54) is 0 Å². The summed E-state index contributed by atoms with van der Waals surface area (Å²) in [5.74, 6) is 0. The molecule has 4 heavy (non-hydrogen) atoms. The van der Waals surface area contributed by atoms with Crippen LogP contribution < -0.4 is 118 Å². The second-order valence-corrected chi connectivity index (χ2v) is 0. The third kappa shape index (κ3) is 9.38. The molecule has 0 nitrogen and oxygen atoms in total. The molecular weight excluding hydrogens is 92.0 g/mol. The van der Waals surface area contributed by atoms with Gasteiger partial charge in [0.2, 0.25) is 0 Å². The fourth-order valence-corrected chi connectivity index (χ4v) is 0. The molecular formula is H8Na4. The fraction of sp³-hybridized carbons (Fsp3) is 0. The summed E-state index contributed by atoms with van der Waals surface area (Å²) in [6.07, 6.45) is 0. The largest absolute Gasteiger partial charge is 1.00 e. The fourth-order valence-electron chi connectivity index (χ4n) is 0. The summed E-state index contributed by atoms with van der Waals surface area (Å²) in [5.41, 5.74) is 0. The van der Waals surface area contributed by atoms with E-state index in [2.05, 4.69) is 0 Å². The molecule has 0 rings (SSSR count). The molecule has 0 aromatic rings. The van der Waals surface area contributed by atoms with Crippen molar-refractivity contribution in [2.45, 2.75) is 0 Å². The Hall–Kier alpha value is 4.00. The van der Waals surface area contributed by atoms with Crippen molar-refractivity contribution < 1.29 is 127 Å². The van der Waals surface area contributed by atoms with E-state index in [0.29, 0.717) is 0 Å². The first-order valence-electron chi connectivity index (χ1n) is 0. The molecule has 0 amide bonds. The van der Waals surface area contributed by atoms with E-state index in [0.717, 1.165) is 0 Å². The molecule has 12 valence electrons. The Kier molecular flexibility index (Phi) is 96.5. The molecule has 0 bridgehead atoms. The van der Waals surface area contributed by atoms with Crippen LogP contribution in [0.3, 0.4) is 0 Å². The molecule has 0 unspecified atom stereocenters. The Morgan fingerprint density at radius 3 is 0.750 bits per heavy atom. The van der Waals surface area contributed by atoms with Gasteiger partial charge in [0.05, 0.1) is 0 Å². The molecule has 0 spiro atoms. The van der Waals surface area contributed by atoms with E-state index >= 15 is 0 Å². The molecule has 0 aliphatic carbocycles.